The maximum absolute atomic E-state index is 13.2. The number of amides is 2. The van der Waals surface area contributed by atoms with Crippen molar-refractivity contribution in [2.45, 2.75) is 39.2 Å². The Morgan fingerprint density at radius 3 is 2.39 bits per heavy atom. The van der Waals surface area contributed by atoms with Crippen molar-refractivity contribution in [1.29, 1.82) is 0 Å². The van der Waals surface area contributed by atoms with Gasteiger partial charge in [-0.25, -0.2) is 0 Å². The van der Waals surface area contributed by atoms with Crippen LogP contribution in [0.25, 0.3) is 0 Å². The maximum atomic E-state index is 13.2. The number of aromatic nitrogens is 1. The summed E-state index contributed by atoms with van der Waals surface area (Å²) in [5, 5.41) is 3.35. The number of carbonyl (C=O) groups is 2. The fourth-order valence-electron chi connectivity index (χ4n) is 6.18. The molecule has 2 amide bonds. The number of carbonyl (C=O) groups excluding carboxylic acids is 2. The maximum Gasteiger partial charge on any atom is 0.255 e. The second kappa shape index (κ2) is 11.1. The van der Waals surface area contributed by atoms with E-state index in [1.807, 2.05) is 43.0 Å². The van der Waals surface area contributed by atoms with Crippen molar-refractivity contribution in [2.24, 2.45) is 17.8 Å². The molecule has 2 unspecified atom stereocenters. The highest BCUT2D eigenvalue weighted by atomic mass is 16.5. The van der Waals surface area contributed by atoms with E-state index in [-0.39, 0.29) is 23.8 Å². The van der Waals surface area contributed by atoms with Gasteiger partial charge in [0.05, 0.1) is 17.3 Å². The number of ether oxygens (including phenoxy) is 1. The Bertz CT molecular complexity index is 1040. The minimum Gasteiger partial charge on any atom is -0.381 e. The van der Waals surface area contributed by atoms with Gasteiger partial charge in [0.1, 0.15) is 0 Å². The van der Waals surface area contributed by atoms with Crippen molar-refractivity contribution in [3.05, 3.63) is 65.0 Å². The van der Waals surface area contributed by atoms with Crippen LogP contribution in [-0.4, -0.2) is 72.5 Å². The molecule has 192 valence electrons. The van der Waals surface area contributed by atoms with Gasteiger partial charge in [0.2, 0.25) is 5.91 Å². The van der Waals surface area contributed by atoms with Crippen LogP contribution >= 0.6 is 0 Å². The summed E-state index contributed by atoms with van der Waals surface area (Å²) >= 11 is 0. The van der Waals surface area contributed by atoms with Gasteiger partial charge < -0.3 is 19.9 Å². The van der Waals surface area contributed by atoms with Crippen LogP contribution in [0, 0.1) is 31.6 Å². The molecule has 1 N–H and O–H groups in total. The third kappa shape index (κ3) is 5.47. The number of rotatable bonds is 7. The first-order valence-corrected chi connectivity index (χ1v) is 13.4. The zero-order valence-electron chi connectivity index (χ0n) is 21.5. The first-order chi connectivity index (χ1) is 17.5. The number of hydrogen-bond acceptors (Lipinski definition) is 5. The average Bonchev–Trinajstić information content (AvgIpc) is 3.46. The number of aryl methyl sites for hydroxylation is 2. The Morgan fingerprint density at radius 1 is 1.03 bits per heavy atom. The second-order valence-electron chi connectivity index (χ2n) is 10.7. The van der Waals surface area contributed by atoms with Gasteiger partial charge in [-0.05, 0) is 62.1 Å². The molecule has 3 fully saturated rings. The number of benzene rings is 1. The Balaban J connectivity index is 1.16. The van der Waals surface area contributed by atoms with Gasteiger partial charge in [-0.3, -0.25) is 14.6 Å². The highest BCUT2D eigenvalue weighted by Crippen LogP contribution is 2.33. The fourth-order valence-corrected chi connectivity index (χ4v) is 6.18. The SMILES string of the molecule is Cc1ccnc(C)c1C(=O)N1CC2CN(CCC(NC(=O)C3CCOCC3)c3ccccc3)C[C@H]2C1. The molecule has 36 heavy (non-hydrogen) atoms. The van der Waals surface area contributed by atoms with E-state index in [9.17, 15) is 9.59 Å². The van der Waals surface area contributed by atoms with E-state index in [2.05, 4.69) is 27.3 Å². The van der Waals surface area contributed by atoms with E-state index in [4.69, 9.17) is 4.74 Å². The van der Waals surface area contributed by atoms with E-state index >= 15 is 0 Å². The fraction of sp³-hybridized carbons (Fsp3) is 0.552. The Labute approximate surface area is 214 Å². The van der Waals surface area contributed by atoms with Gasteiger partial charge in [0, 0.05) is 58.1 Å². The molecule has 4 heterocycles. The first kappa shape index (κ1) is 24.9. The van der Waals surface area contributed by atoms with Crippen molar-refractivity contribution in [2.75, 3.05) is 45.9 Å². The number of hydrogen-bond donors (Lipinski definition) is 1. The summed E-state index contributed by atoms with van der Waals surface area (Å²) in [6, 6.07) is 12.3. The van der Waals surface area contributed by atoms with Gasteiger partial charge in [-0.2, -0.15) is 0 Å². The Hall–Kier alpha value is -2.77. The van der Waals surface area contributed by atoms with E-state index in [0.717, 1.165) is 74.4 Å². The molecule has 1 aromatic heterocycles. The monoisotopic (exact) mass is 490 g/mol. The van der Waals surface area contributed by atoms with Gasteiger partial charge in [0.15, 0.2) is 0 Å². The second-order valence-corrected chi connectivity index (χ2v) is 10.7. The van der Waals surface area contributed by atoms with E-state index < -0.39 is 0 Å². The zero-order chi connectivity index (χ0) is 25.1. The molecule has 5 rings (SSSR count). The number of fused-ring (bicyclic) bond motifs is 1. The molecule has 0 saturated carbocycles. The van der Waals surface area contributed by atoms with Crippen LogP contribution in [0.1, 0.15) is 52.5 Å². The van der Waals surface area contributed by atoms with Gasteiger partial charge in [0.25, 0.3) is 5.91 Å². The highest BCUT2D eigenvalue weighted by molar-refractivity contribution is 5.96. The minimum atomic E-state index is 0.0107. The van der Waals surface area contributed by atoms with Crippen LogP contribution in [0.3, 0.4) is 0 Å². The number of nitrogens with zero attached hydrogens (tertiary/aromatic N) is 3. The minimum absolute atomic E-state index is 0.0107. The first-order valence-electron chi connectivity index (χ1n) is 13.4. The van der Waals surface area contributed by atoms with Crippen molar-refractivity contribution in [1.82, 2.24) is 20.1 Å². The van der Waals surface area contributed by atoms with Crippen molar-refractivity contribution >= 4 is 11.8 Å². The standard InChI is InChI=1S/C29H38N4O3/c1-20-8-12-30-21(2)27(20)29(35)33-18-24-16-32(17-25(24)19-33)13-9-26(22-6-4-3-5-7-22)31-28(34)23-10-14-36-15-11-23/h3-8,12,23-26H,9-11,13-19H2,1-2H3,(H,31,34)/t24-,25?,26?/m0/s1. The summed E-state index contributed by atoms with van der Waals surface area (Å²) in [6.45, 7) is 9.84. The summed E-state index contributed by atoms with van der Waals surface area (Å²) in [4.78, 5) is 35.1. The molecule has 0 aliphatic carbocycles. The molecule has 7 nitrogen and oxygen atoms in total. The van der Waals surface area contributed by atoms with Crippen LogP contribution in [0.5, 0.6) is 0 Å². The summed E-state index contributed by atoms with van der Waals surface area (Å²) in [5.41, 5.74) is 3.74. The molecule has 3 atom stereocenters. The van der Waals surface area contributed by atoms with Crippen molar-refractivity contribution in [3.63, 3.8) is 0 Å². The lowest BCUT2D eigenvalue weighted by Gasteiger charge is -2.27. The van der Waals surface area contributed by atoms with E-state index in [1.165, 1.54) is 0 Å². The normalized spacial score (nSPS) is 23.4. The van der Waals surface area contributed by atoms with Crippen LogP contribution in [0.2, 0.25) is 0 Å². The average molecular weight is 491 g/mol. The van der Waals surface area contributed by atoms with Gasteiger partial charge in [-0.1, -0.05) is 30.3 Å². The highest BCUT2D eigenvalue weighted by Gasteiger charge is 2.42. The van der Waals surface area contributed by atoms with Crippen molar-refractivity contribution in [3.8, 4) is 0 Å². The molecule has 1 aromatic carbocycles. The molecule has 3 aliphatic rings. The molecule has 0 radical (unpaired) electrons. The third-order valence-electron chi connectivity index (χ3n) is 8.26. The summed E-state index contributed by atoms with van der Waals surface area (Å²) < 4.78 is 5.44. The summed E-state index contributed by atoms with van der Waals surface area (Å²) in [6.07, 6.45) is 4.26. The van der Waals surface area contributed by atoms with Crippen LogP contribution < -0.4 is 5.32 Å². The molecular weight excluding hydrogens is 452 g/mol. The molecule has 7 heteroatoms. The molecule has 2 aromatic rings. The van der Waals surface area contributed by atoms with Gasteiger partial charge >= 0.3 is 0 Å². The Kier molecular flexibility index (Phi) is 7.67. The molecule has 0 bridgehead atoms. The van der Waals surface area contributed by atoms with Crippen molar-refractivity contribution < 1.29 is 14.3 Å². The zero-order valence-corrected chi connectivity index (χ0v) is 21.5. The Morgan fingerprint density at radius 2 is 1.72 bits per heavy atom. The molecular formula is C29H38N4O3. The smallest absolute Gasteiger partial charge is 0.255 e. The molecule has 3 saturated heterocycles. The van der Waals surface area contributed by atoms with E-state index in [0.29, 0.717) is 25.0 Å². The topological polar surface area (TPSA) is 74.8 Å². The lowest BCUT2D eigenvalue weighted by atomic mass is 9.97. The van der Waals surface area contributed by atoms with Crippen LogP contribution in [-0.2, 0) is 9.53 Å². The van der Waals surface area contributed by atoms with Gasteiger partial charge in [-0.15, -0.1) is 0 Å². The van der Waals surface area contributed by atoms with Crippen LogP contribution in [0.4, 0.5) is 0 Å². The number of nitrogens with one attached hydrogen (secondary N) is 1. The third-order valence-corrected chi connectivity index (χ3v) is 8.26. The van der Waals surface area contributed by atoms with Crippen LogP contribution in [0.15, 0.2) is 42.6 Å². The number of likely N-dealkylation sites (tertiary alicyclic amines) is 2. The lowest BCUT2D eigenvalue weighted by Crippen LogP contribution is -2.38. The van der Waals surface area contributed by atoms with E-state index in [1.54, 1.807) is 6.20 Å². The quantitative estimate of drug-likeness (QED) is 0.644. The summed E-state index contributed by atoms with van der Waals surface area (Å²) in [7, 11) is 0. The predicted molar refractivity (Wildman–Crippen MR) is 139 cm³/mol. The molecule has 3 aliphatic heterocycles. The molecule has 0 spiro atoms. The largest absolute Gasteiger partial charge is 0.381 e. The lowest BCUT2D eigenvalue weighted by molar-refractivity contribution is -0.128. The predicted octanol–water partition coefficient (Wildman–Crippen LogP) is 3.38. The summed E-state index contributed by atoms with van der Waals surface area (Å²) in [5.74, 6) is 1.35. The number of pyridine rings is 1.